The average Bonchev–Trinajstić information content (AvgIpc) is 2.36. The minimum atomic E-state index is -1.10. The first-order valence-corrected chi connectivity index (χ1v) is 5.91. The maximum atomic E-state index is 13.4. The van der Waals surface area contributed by atoms with Crippen molar-refractivity contribution in [2.24, 2.45) is 0 Å². The van der Waals surface area contributed by atoms with Crippen LogP contribution < -0.4 is 5.32 Å². The van der Waals surface area contributed by atoms with Crippen LogP contribution in [0.5, 0.6) is 0 Å². The van der Waals surface area contributed by atoms with E-state index in [-0.39, 0.29) is 11.6 Å². The van der Waals surface area contributed by atoms with Gasteiger partial charge < -0.3 is 9.47 Å². The van der Waals surface area contributed by atoms with Crippen LogP contribution in [0.4, 0.5) is 9.18 Å². The van der Waals surface area contributed by atoms with Crippen LogP contribution in [0.25, 0.3) is 0 Å². The molecule has 0 aliphatic heterocycles. The normalized spacial score (nSPS) is 9.75. The van der Waals surface area contributed by atoms with E-state index in [1.165, 1.54) is 12.1 Å². The van der Waals surface area contributed by atoms with Crippen LogP contribution in [0.1, 0.15) is 17.3 Å². The van der Waals surface area contributed by atoms with Crippen molar-refractivity contribution >= 4 is 29.6 Å². The fourth-order valence-corrected chi connectivity index (χ4v) is 1.45. The number of hydrogen-bond donors (Lipinski definition) is 1. The molecule has 8 heteroatoms. The van der Waals surface area contributed by atoms with Crippen LogP contribution in [0.15, 0.2) is 18.2 Å². The maximum Gasteiger partial charge on any atom is 0.413 e. The predicted octanol–water partition coefficient (Wildman–Crippen LogP) is 1.91. The van der Waals surface area contributed by atoms with Gasteiger partial charge >= 0.3 is 12.1 Å². The van der Waals surface area contributed by atoms with Gasteiger partial charge in [0, 0.05) is 0 Å². The third kappa shape index (κ3) is 4.51. The zero-order chi connectivity index (χ0) is 15.1. The molecular weight excluding hydrogens is 293 g/mol. The van der Waals surface area contributed by atoms with Crippen molar-refractivity contribution in [2.45, 2.75) is 6.92 Å². The molecule has 1 aromatic carbocycles. The molecule has 0 heterocycles. The Bertz CT molecular complexity index is 514. The van der Waals surface area contributed by atoms with Crippen molar-refractivity contribution in [3.63, 3.8) is 0 Å². The van der Waals surface area contributed by atoms with Crippen LogP contribution in [0.2, 0.25) is 5.02 Å². The molecule has 0 aromatic heterocycles. The number of esters is 1. The van der Waals surface area contributed by atoms with Crippen LogP contribution in [-0.2, 0) is 14.3 Å². The molecule has 0 saturated heterocycles. The molecule has 1 rings (SSSR count). The number of imide groups is 1. The van der Waals surface area contributed by atoms with E-state index in [0.717, 1.165) is 6.07 Å². The number of rotatable bonds is 4. The third-order valence-corrected chi connectivity index (χ3v) is 2.33. The van der Waals surface area contributed by atoms with Gasteiger partial charge in [0.25, 0.3) is 5.91 Å². The largest absolute Gasteiger partial charge is 0.452 e. The van der Waals surface area contributed by atoms with E-state index < -0.39 is 36.0 Å². The van der Waals surface area contributed by atoms with Gasteiger partial charge in [-0.25, -0.2) is 14.0 Å². The molecule has 20 heavy (non-hydrogen) atoms. The van der Waals surface area contributed by atoms with Crippen LogP contribution >= 0.6 is 11.6 Å². The second-order valence-electron chi connectivity index (χ2n) is 3.44. The predicted molar refractivity (Wildman–Crippen MR) is 66.9 cm³/mol. The van der Waals surface area contributed by atoms with E-state index in [4.69, 9.17) is 11.6 Å². The first-order valence-electron chi connectivity index (χ1n) is 5.53. The summed E-state index contributed by atoms with van der Waals surface area (Å²) in [6.45, 7) is 0.885. The Morgan fingerprint density at radius 3 is 2.60 bits per heavy atom. The summed E-state index contributed by atoms with van der Waals surface area (Å²) in [5.74, 6) is -2.87. The number of hydrogen-bond acceptors (Lipinski definition) is 5. The lowest BCUT2D eigenvalue weighted by molar-refractivity contribution is -0.123. The molecular formula is C12H11ClFNO5. The van der Waals surface area contributed by atoms with Gasteiger partial charge in [-0.1, -0.05) is 17.7 Å². The number of amides is 2. The van der Waals surface area contributed by atoms with Crippen molar-refractivity contribution in [3.05, 3.63) is 34.6 Å². The summed E-state index contributed by atoms with van der Waals surface area (Å²) in [4.78, 5) is 33.7. The number of alkyl carbamates (subject to hydrolysis) is 1. The first kappa shape index (κ1) is 15.9. The highest BCUT2D eigenvalue weighted by Gasteiger charge is 2.19. The summed E-state index contributed by atoms with van der Waals surface area (Å²) in [5, 5.41) is 1.67. The van der Waals surface area contributed by atoms with Crippen LogP contribution in [-0.4, -0.2) is 31.2 Å². The number of carbonyl (C=O) groups is 3. The van der Waals surface area contributed by atoms with Gasteiger partial charge in [0.1, 0.15) is 11.4 Å². The van der Waals surface area contributed by atoms with E-state index in [2.05, 4.69) is 9.47 Å². The summed E-state index contributed by atoms with van der Waals surface area (Å²) >= 11 is 5.65. The lowest BCUT2D eigenvalue weighted by Crippen LogP contribution is -2.34. The Kier molecular flexibility index (Phi) is 5.92. The monoisotopic (exact) mass is 303 g/mol. The molecule has 1 N–H and O–H groups in total. The highest BCUT2D eigenvalue weighted by molar-refractivity contribution is 6.33. The van der Waals surface area contributed by atoms with Crippen molar-refractivity contribution in [1.29, 1.82) is 0 Å². The smallest absolute Gasteiger partial charge is 0.413 e. The Morgan fingerprint density at radius 2 is 2.00 bits per heavy atom. The quantitative estimate of drug-likeness (QED) is 0.859. The molecule has 0 atom stereocenters. The van der Waals surface area contributed by atoms with Crippen LogP contribution in [0.3, 0.4) is 0 Å². The van der Waals surface area contributed by atoms with Gasteiger partial charge in [-0.15, -0.1) is 0 Å². The Labute approximate surface area is 118 Å². The van der Waals surface area contributed by atoms with Crippen molar-refractivity contribution in [3.8, 4) is 0 Å². The Morgan fingerprint density at radius 1 is 1.30 bits per heavy atom. The molecule has 0 radical (unpaired) electrons. The molecule has 0 saturated carbocycles. The highest BCUT2D eigenvalue weighted by Crippen LogP contribution is 2.19. The molecule has 0 bridgehead atoms. The van der Waals surface area contributed by atoms with E-state index in [1.54, 1.807) is 6.92 Å². The van der Waals surface area contributed by atoms with Gasteiger partial charge in [0.15, 0.2) is 6.61 Å². The molecule has 0 unspecified atom stereocenters. The molecule has 0 aliphatic carbocycles. The fourth-order valence-electron chi connectivity index (χ4n) is 1.21. The van der Waals surface area contributed by atoms with Gasteiger partial charge in [0.2, 0.25) is 0 Å². The van der Waals surface area contributed by atoms with E-state index in [1.807, 2.05) is 5.32 Å². The lowest BCUT2D eigenvalue weighted by atomic mass is 10.2. The second-order valence-corrected chi connectivity index (χ2v) is 3.85. The molecule has 108 valence electrons. The number of nitrogens with one attached hydrogen (secondary N) is 1. The summed E-state index contributed by atoms with van der Waals surface area (Å²) in [5.41, 5.74) is -0.474. The second kappa shape index (κ2) is 7.44. The average molecular weight is 304 g/mol. The molecule has 0 spiro atoms. The Balaban J connectivity index is 2.56. The zero-order valence-electron chi connectivity index (χ0n) is 10.4. The molecule has 0 aliphatic rings. The highest BCUT2D eigenvalue weighted by atomic mass is 35.5. The number of carbonyl (C=O) groups excluding carboxylic acids is 3. The van der Waals surface area contributed by atoms with E-state index in [0.29, 0.717) is 0 Å². The number of halogens is 2. The maximum absolute atomic E-state index is 13.4. The molecule has 6 nitrogen and oxygen atoms in total. The van der Waals surface area contributed by atoms with Crippen LogP contribution in [0, 0.1) is 5.82 Å². The number of benzene rings is 1. The van der Waals surface area contributed by atoms with Gasteiger partial charge in [-0.2, -0.15) is 0 Å². The third-order valence-electron chi connectivity index (χ3n) is 2.02. The van der Waals surface area contributed by atoms with Crippen molar-refractivity contribution in [1.82, 2.24) is 5.32 Å². The SMILES string of the molecule is CCOC(=O)NC(=O)COC(=O)c1c(F)cccc1Cl. The number of ether oxygens (including phenoxy) is 2. The fraction of sp³-hybridized carbons (Fsp3) is 0.250. The summed E-state index contributed by atoms with van der Waals surface area (Å²) < 4.78 is 22.4. The summed E-state index contributed by atoms with van der Waals surface area (Å²) in [6, 6.07) is 3.66. The lowest BCUT2D eigenvalue weighted by Gasteiger charge is -2.07. The molecule has 1 aromatic rings. The Hall–Kier alpha value is -2.15. The van der Waals surface area contributed by atoms with E-state index in [9.17, 15) is 18.8 Å². The van der Waals surface area contributed by atoms with Crippen molar-refractivity contribution < 1.29 is 28.2 Å². The summed E-state index contributed by atoms with van der Waals surface area (Å²) in [6.07, 6.45) is -0.961. The minimum Gasteiger partial charge on any atom is -0.452 e. The van der Waals surface area contributed by atoms with E-state index >= 15 is 0 Å². The zero-order valence-corrected chi connectivity index (χ0v) is 11.2. The molecule has 0 fully saturated rings. The van der Waals surface area contributed by atoms with Gasteiger partial charge in [0.05, 0.1) is 11.6 Å². The topological polar surface area (TPSA) is 81.7 Å². The first-order chi connectivity index (χ1) is 9.45. The minimum absolute atomic E-state index is 0.0870. The van der Waals surface area contributed by atoms with Gasteiger partial charge in [-0.3, -0.25) is 10.1 Å². The van der Waals surface area contributed by atoms with Crippen molar-refractivity contribution in [2.75, 3.05) is 13.2 Å². The van der Waals surface area contributed by atoms with Gasteiger partial charge in [-0.05, 0) is 19.1 Å². The standard InChI is InChI=1S/C12H11ClFNO5/c1-2-19-12(18)15-9(16)6-20-11(17)10-7(13)4-3-5-8(10)14/h3-5H,2,6H2,1H3,(H,15,16,18). The summed E-state index contributed by atoms with van der Waals surface area (Å²) in [7, 11) is 0. The molecule has 2 amide bonds.